The van der Waals surface area contributed by atoms with E-state index in [0.717, 1.165) is 5.69 Å². The molecule has 20 heavy (non-hydrogen) atoms. The summed E-state index contributed by atoms with van der Waals surface area (Å²) in [7, 11) is -6.00. The van der Waals surface area contributed by atoms with Gasteiger partial charge in [-0.2, -0.15) is 10.3 Å². The van der Waals surface area contributed by atoms with Crippen molar-refractivity contribution in [2.75, 3.05) is 6.61 Å². The summed E-state index contributed by atoms with van der Waals surface area (Å²) in [6, 6.07) is 11.8. The maximum atomic E-state index is 9.75. The Balaban J connectivity index is 0.000000621. The minimum atomic E-state index is -6.00. The predicted molar refractivity (Wildman–Crippen MR) is 68.7 cm³/mol. The van der Waals surface area contributed by atoms with Gasteiger partial charge < -0.3 is 22.0 Å². The van der Waals surface area contributed by atoms with E-state index in [0.29, 0.717) is 12.5 Å². The van der Waals surface area contributed by atoms with Crippen LogP contribution in [0.2, 0.25) is 0 Å². The monoisotopic (exact) mass is 290 g/mol. The van der Waals surface area contributed by atoms with E-state index in [9.17, 15) is 17.3 Å². The van der Waals surface area contributed by atoms with Crippen molar-refractivity contribution in [1.82, 2.24) is 0 Å². The summed E-state index contributed by atoms with van der Waals surface area (Å²) in [6.07, 6.45) is 0. The van der Waals surface area contributed by atoms with Crippen LogP contribution in [0.4, 0.5) is 23.0 Å². The van der Waals surface area contributed by atoms with Crippen LogP contribution in [0.5, 0.6) is 0 Å². The van der Waals surface area contributed by atoms with Crippen LogP contribution in [0, 0.1) is 17.2 Å². The molecule has 8 heteroatoms. The van der Waals surface area contributed by atoms with Crippen LogP contribution in [0.25, 0.3) is 0 Å². The van der Waals surface area contributed by atoms with E-state index < -0.39 is 7.25 Å². The number of halogens is 4. The molecule has 0 aliphatic rings. The maximum absolute atomic E-state index is 9.75. The fourth-order valence-electron chi connectivity index (χ4n) is 1.15. The molecule has 0 saturated carbocycles. The molecule has 1 rings (SSSR count). The summed E-state index contributed by atoms with van der Waals surface area (Å²) in [5.74, 6) is 0.344. The Labute approximate surface area is 115 Å². The number of rotatable bonds is 3. The van der Waals surface area contributed by atoms with Gasteiger partial charge in [-0.05, 0) is 13.8 Å². The van der Waals surface area contributed by atoms with Crippen molar-refractivity contribution >= 4 is 18.8 Å². The van der Waals surface area contributed by atoms with Gasteiger partial charge in [0.25, 0.3) is 0 Å². The molecule has 1 unspecified atom stereocenters. The second-order valence-corrected chi connectivity index (χ2v) is 3.63. The molecule has 1 atom stereocenters. The molecule has 0 aliphatic heterocycles. The van der Waals surface area contributed by atoms with Crippen LogP contribution in [-0.4, -0.2) is 19.8 Å². The highest BCUT2D eigenvalue weighted by atomic mass is 19.5. The maximum Gasteiger partial charge on any atom is 0.673 e. The first-order valence-electron chi connectivity index (χ1n) is 5.86. The minimum absolute atomic E-state index is 0.259. The van der Waals surface area contributed by atoms with Crippen molar-refractivity contribution in [3.8, 4) is 6.07 Å². The molecule has 0 heterocycles. The van der Waals surface area contributed by atoms with E-state index in [1.807, 2.05) is 37.3 Å². The first-order chi connectivity index (χ1) is 9.27. The number of hydrogen-bond acceptors (Lipinski definition) is 2. The molecule has 0 spiro atoms. The third kappa shape index (κ3) is 9.94. The van der Waals surface area contributed by atoms with E-state index in [4.69, 9.17) is 10.00 Å². The van der Waals surface area contributed by atoms with Gasteiger partial charge >= 0.3 is 13.2 Å². The average molecular weight is 290 g/mol. The summed E-state index contributed by atoms with van der Waals surface area (Å²) < 4.78 is 44.4. The number of benzene rings is 1. The van der Waals surface area contributed by atoms with Crippen molar-refractivity contribution in [2.24, 2.45) is 5.92 Å². The van der Waals surface area contributed by atoms with Crippen LogP contribution >= 0.6 is 0 Å². The van der Waals surface area contributed by atoms with Gasteiger partial charge in [0.2, 0.25) is 5.69 Å². The van der Waals surface area contributed by atoms with Crippen molar-refractivity contribution in [1.29, 1.82) is 5.26 Å². The third-order valence-corrected chi connectivity index (χ3v) is 1.93. The third-order valence-electron chi connectivity index (χ3n) is 1.93. The zero-order valence-corrected chi connectivity index (χ0v) is 11.1. The van der Waals surface area contributed by atoms with Gasteiger partial charge in [0, 0.05) is 12.1 Å². The van der Waals surface area contributed by atoms with Gasteiger partial charge in [0.15, 0.2) is 5.92 Å². The van der Waals surface area contributed by atoms with Crippen molar-refractivity contribution in [3.63, 3.8) is 0 Å². The van der Waals surface area contributed by atoms with Gasteiger partial charge in [-0.3, -0.25) is 0 Å². The molecular formula is C12H15BF4N2O. The Morgan fingerprint density at radius 2 is 1.80 bits per heavy atom. The predicted octanol–water partition coefficient (Wildman–Crippen LogP) is 2.29. The van der Waals surface area contributed by atoms with Crippen molar-refractivity contribution < 1.29 is 27.0 Å². The fraction of sp³-hybridized carbons (Fsp3) is 0.333. The van der Waals surface area contributed by atoms with Gasteiger partial charge in [0.1, 0.15) is 0 Å². The highest BCUT2D eigenvalue weighted by Gasteiger charge is 2.20. The number of nitrogens with zero attached hydrogens (tertiary/aromatic N) is 1. The molecule has 3 nitrogen and oxygen atoms in total. The fourth-order valence-corrected chi connectivity index (χ4v) is 1.15. The molecule has 1 aromatic carbocycles. The molecule has 0 amide bonds. The quantitative estimate of drug-likeness (QED) is 0.402. The molecule has 0 aromatic heterocycles. The van der Waals surface area contributed by atoms with Crippen molar-refractivity contribution in [2.45, 2.75) is 13.8 Å². The first kappa shape index (κ1) is 18.0. The molecule has 0 aliphatic carbocycles. The lowest BCUT2D eigenvalue weighted by molar-refractivity contribution is -0.370. The Kier molecular flexibility index (Phi) is 8.05. The molecule has 0 saturated heterocycles. The summed E-state index contributed by atoms with van der Waals surface area (Å²) >= 11 is 0. The van der Waals surface area contributed by atoms with E-state index >= 15 is 0 Å². The second-order valence-electron chi connectivity index (χ2n) is 3.63. The molecule has 0 bridgehead atoms. The standard InChI is InChI=1S/C12H14N2O.BF4/c1-3-15-12(10(2)9-13)14-11-7-5-4-6-8-11;2-1(3,4)5/h4-8,10H,3H2,1-2H3;/q;-1/p+1. The van der Waals surface area contributed by atoms with Crippen LogP contribution in [-0.2, 0) is 4.74 Å². The van der Waals surface area contributed by atoms with Crippen LogP contribution < -0.4 is 4.99 Å². The van der Waals surface area contributed by atoms with E-state index in [2.05, 4.69) is 11.1 Å². The lowest BCUT2D eigenvalue weighted by Crippen LogP contribution is -2.68. The smallest absolute Gasteiger partial charge is 0.447 e. The van der Waals surface area contributed by atoms with Gasteiger partial charge in [-0.15, -0.1) is 0 Å². The Hall–Kier alpha value is -2.04. The summed E-state index contributed by atoms with van der Waals surface area (Å²) in [5, 5.41) is 8.82. The highest BCUT2D eigenvalue weighted by Crippen LogP contribution is 2.06. The average Bonchev–Trinajstić information content (AvgIpc) is 2.36. The number of nitrogens with one attached hydrogen (secondary N) is 1. The Morgan fingerprint density at radius 1 is 1.30 bits per heavy atom. The van der Waals surface area contributed by atoms with Crippen LogP contribution in [0.15, 0.2) is 30.3 Å². The molecule has 0 fully saturated rings. The zero-order valence-electron chi connectivity index (χ0n) is 11.1. The summed E-state index contributed by atoms with van der Waals surface area (Å²) in [5.41, 5.74) is 0.933. The number of hydrogen-bond donors (Lipinski definition) is 1. The molecule has 1 aromatic rings. The normalized spacial score (nSPS) is 12.8. The lowest BCUT2D eigenvalue weighted by atomic mass is 10.2. The molecule has 0 radical (unpaired) electrons. The van der Waals surface area contributed by atoms with Gasteiger partial charge in [-0.1, -0.05) is 18.2 Å². The van der Waals surface area contributed by atoms with Gasteiger partial charge in [0.05, 0.1) is 12.7 Å². The SMILES string of the molecule is CCOC(=[NH+]c1ccccc1)C(C)C#N.F[B-](F)(F)F. The van der Waals surface area contributed by atoms with E-state index in [-0.39, 0.29) is 5.92 Å². The van der Waals surface area contributed by atoms with Crippen LogP contribution in [0.1, 0.15) is 13.8 Å². The van der Waals surface area contributed by atoms with Crippen molar-refractivity contribution in [3.05, 3.63) is 30.3 Å². The van der Waals surface area contributed by atoms with E-state index in [1.165, 1.54) is 0 Å². The summed E-state index contributed by atoms with van der Waals surface area (Å²) in [6.45, 7) is 4.26. The number of ether oxygens (including phenoxy) is 1. The lowest BCUT2D eigenvalue weighted by Gasteiger charge is -2.02. The molecular weight excluding hydrogens is 275 g/mol. The van der Waals surface area contributed by atoms with E-state index in [1.54, 1.807) is 6.92 Å². The highest BCUT2D eigenvalue weighted by molar-refractivity contribution is 6.50. The molecule has 110 valence electrons. The number of para-hydroxylation sites is 1. The minimum Gasteiger partial charge on any atom is -0.447 e. The van der Waals surface area contributed by atoms with Crippen LogP contribution in [0.3, 0.4) is 0 Å². The Bertz CT molecular complexity index is 451. The summed E-state index contributed by atoms with van der Waals surface area (Å²) in [4.78, 5) is 3.10. The number of nitriles is 1. The second kappa shape index (κ2) is 8.96. The zero-order chi connectivity index (χ0) is 15.6. The topological polar surface area (TPSA) is 47.0 Å². The van der Waals surface area contributed by atoms with Gasteiger partial charge in [-0.25, -0.2) is 0 Å². The molecule has 1 N–H and O–H groups in total. The Morgan fingerprint density at radius 3 is 2.20 bits per heavy atom. The largest absolute Gasteiger partial charge is 0.673 e. The first-order valence-corrected chi connectivity index (χ1v) is 5.86.